The fourth-order valence-electron chi connectivity index (χ4n) is 1.88. The number of thioether (sulfide) groups is 1. The Labute approximate surface area is 111 Å². The van der Waals surface area contributed by atoms with Crippen molar-refractivity contribution in [2.75, 3.05) is 18.2 Å². The van der Waals surface area contributed by atoms with Gasteiger partial charge in [-0.2, -0.15) is 16.9 Å². The molecule has 0 amide bonds. The second kappa shape index (κ2) is 6.02. The molecule has 5 heteroatoms. The highest BCUT2D eigenvalue weighted by Gasteiger charge is 2.16. The zero-order valence-corrected chi connectivity index (χ0v) is 11.3. The first-order valence-electron chi connectivity index (χ1n) is 5.87. The average molecular weight is 263 g/mol. The van der Waals surface area contributed by atoms with Gasteiger partial charge in [-0.05, 0) is 13.2 Å². The maximum atomic E-state index is 9.29. The fourth-order valence-corrected chi connectivity index (χ4v) is 2.51. The third kappa shape index (κ3) is 2.73. The van der Waals surface area contributed by atoms with E-state index >= 15 is 0 Å². The number of hydrogen-bond acceptors (Lipinski definition) is 5. The Morgan fingerprint density at radius 3 is 2.89 bits per heavy atom. The lowest BCUT2D eigenvalue weighted by molar-refractivity contribution is 0.288. The summed E-state index contributed by atoms with van der Waals surface area (Å²) >= 11 is 1.64. The molecule has 0 aliphatic rings. The lowest BCUT2D eigenvalue weighted by Gasteiger charge is -2.22. The summed E-state index contributed by atoms with van der Waals surface area (Å²) in [6.45, 7) is 2.19. The van der Waals surface area contributed by atoms with E-state index in [9.17, 15) is 5.11 Å². The summed E-state index contributed by atoms with van der Waals surface area (Å²) in [5.74, 6) is 0.771. The van der Waals surface area contributed by atoms with Crippen molar-refractivity contribution in [1.29, 1.82) is 0 Å². The molecule has 1 aromatic carbocycles. The van der Waals surface area contributed by atoms with E-state index in [2.05, 4.69) is 15.5 Å². The van der Waals surface area contributed by atoms with Crippen molar-refractivity contribution in [3.05, 3.63) is 30.5 Å². The largest absolute Gasteiger partial charge is 0.395 e. The number of hydrogen-bond donors (Lipinski definition) is 2. The van der Waals surface area contributed by atoms with Crippen LogP contribution in [0.25, 0.3) is 10.8 Å². The molecule has 0 aliphatic heterocycles. The molecule has 0 saturated carbocycles. The Morgan fingerprint density at radius 2 is 2.17 bits per heavy atom. The van der Waals surface area contributed by atoms with Crippen LogP contribution in [0, 0.1) is 0 Å². The molecule has 0 aliphatic carbocycles. The zero-order valence-electron chi connectivity index (χ0n) is 10.5. The third-order valence-electron chi connectivity index (χ3n) is 2.98. The van der Waals surface area contributed by atoms with Crippen molar-refractivity contribution in [2.45, 2.75) is 18.2 Å². The summed E-state index contributed by atoms with van der Waals surface area (Å²) in [5.41, 5.74) is 0. The molecule has 18 heavy (non-hydrogen) atoms. The molecule has 2 atom stereocenters. The van der Waals surface area contributed by atoms with Crippen LogP contribution in [0.2, 0.25) is 0 Å². The minimum atomic E-state index is 0.130. The number of aromatic nitrogens is 2. The maximum absolute atomic E-state index is 9.29. The van der Waals surface area contributed by atoms with Crippen LogP contribution in [0.4, 0.5) is 5.82 Å². The van der Waals surface area contributed by atoms with E-state index in [-0.39, 0.29) is 17.9 Å². The van der Waals surface area contributed by atoms with Crippen molar-refractivity contribution in [2.24, 2.45) is 0 Å². The van der Waals surface area contributed by atoms with Crippen LogP contribution in [0.15, 0.2) is 30.5 Å². The second-order valence-electron chi connectivity index (χ2n) is 4.17. The molecule has 0 saturated heterocycles. The number of nitrogens with one attached hydrogen (secondary N) is 1. The van der Waals surface area contributed by atoms with Crippen LogP contribution in [-0.4, -0.2) is 39.5 Å². The Bertz CT molecular complexity index is 511. The van der Waals surface area contributed by atoms with Crippen molar-refractivity contribution in [3.63, 3.8) is 0 Å². The number of nitrogens with zero attached hydrogens (tertiary/aromatic N) is 2. The van der Waals surface area contributed by atoms with Gasteiger partial charge in [-0.3, -0.25) is 0 Å². The minimum absolute atomic E-state index is 0.130. The highest BCUT2D eigenvalue weighted by Crippen LogP contribution is 2.22. The van der Waals surface area contributed by atoms with E-state index < -0.39 is 0 Å². The van der Waals surface area contributed by atoms with E-state index in [0.29, 0.717) is 0 Å². The Morgan fingerprint density at radius 1 is 1.39 bits per heavy atom. The van der Waals surface area contributed by atoms with Crippen LogP contribution in [0.1, 0.15) is 6.92 Å². The molecular weight excluding hydrogens is 246 g/mol. The van der Waals surface area contributed by atoms with Crippen LogP contribution in [0.5, 0.6) is 0 Å². The molecule has 96 valence electrons. The normalized spacial score (nSPS) is 14.4. The highest BCUT2D eigenvalue weighted by atomic mass is 32.2. The monoisotopic (exact) mass is 263 g/mol. The predicted molar refractivity (Wildman–Crippen MR) is 77.0 cm³/mol. The number of benzene rings is 1. The van der Waals surface area contributed by atoms with Crippen molar-refractivity contribution >= 4 is 28.4 Å². The number of rotatable bonds is 5. The SMILES string of the molecule is CSC(CO)C(C)Nc1nncc2ccccc12. The van der Waals surface area contributed by atoms with Gasteiger partial charge in [0.15, 0.2) is 5.82 Å². The molecule has 0 bridgehead atoms. The molecule has 2 rings (SSSR count). The van der Waals surface area contributed by atoms with Gasteiger partial charge in [-0.25, -0.2) is 0 Å². The van der Waals surface area contributed by atoms with E-state index in [0.717, 1.165) is 16.6 Å². The topological polar surface area (TPSA) is 58.0 Å². The molecule has 0 spiro atoms. The number of aliphatic hydroxyl groups excluding tert-OH is 1. The number of anilines is 1. The smallest absolute Gasteiger partial charge is 0.156 e. The summed E-state index contributed by atoms with van der Waals surface area (Å²) < 4.78 is 0. The van der Waals surface area contributed by atoms with Gasteiger partial charge in [0.2, 0.25) is 0 Å². The lowest BCUT2D eigenvalue weighted by Crippen LogP contribution is -2.31. The lowest BCUT2D eigenvalue weighted by atomic mass is 10.1. The Hall–Kier alpha value is -1.33. The first-order chi connectivity index (χ1) is 8.76. The molecule has 4 nitrogen and oxygen atoms in total. The maximum Gasteiger partial charge on any atom is 0.156 e. The summed E-state index contributed by atoms with van der Waals surface area (Å²) in [6.07, 6.45) is 3.75. The minimum Gasteiger partial charge on any atom is -0.395 e. The summed E-state index contributed by atoms with van der Waals surface area (Å²) in [5, 5.41) is 23.0. The molecule has 2 N–H and O–H groups in total. The second-order valence-corrected chi connectivity index (χ2v) is 5.25. The van der Waals surface area contributed by atoms with Crippen molar-refractivity contribution < 1.29 is 5.11 Å². The quantitative estimate of drug-likeness (QED) is 0.865. The zero-order chi connectivity index (χ0) is 13.0. The van der Waals surface area contributed by atoms with Crippen LogP contribution < -0.4 is 5.32 Å². The molecule has 1 aromatic heterocycles. The summed E-state index contributed by atoms with van der Waals surface area (Å²) in [6, 6.07) is 8.13. The standard InChI is InChI=1S/C13H17N3OS/c1-9(12(8-17)18-2)15-13-11-6-4-3-5-10(11)7-14-16-13/h3-7,9,12,17H,8H2,1-2H3,(H,15,16). The molecule has 1 heterocycles. The first kappa shape index (κ1) is 13.1. The third-order valence-corrected chi connectivity index (χ3v) is 4.14. The molecular formula is C13H17N3OS. The van der Waals surface area contributed by atoms with E-state index in [1.54, 1.807) is 18.0 Å². The van der Waals surface area contributed by atoms with E-state index in [4.69, 9.17) is 0 Å². The Kier molecular flexibility index (Phi) is 4.38. The van der Waals surface area contributed by atoms with Crippen LogP contribution >= 0.6 is 11.8 Å². The number of fused-ring (bicyclic) bond motifs is 1. The van der Waals surface area contributed by atoms with Gasteiger partial charge in [0.05, 0.1) is 12.8 Å². The van der Waals surface area contributed by atoms with Gasteiger partial charge in [0.25, 0.3) is 0 Å². The Balaban J connectivity index is 2.26. The van der Waals surface area contributed by atoms with Crippen LogP contribution in [-0.2, 0) is 0 Å². The van der Waals surface area contributed by atoms with Crippen molar-refractivity contribution in [1.82, 2.24) is 10.2 Å². The first-order valence-corrected chi connectivity index (χ1v) is 7.15. The fraction of sp³-hybridized carbons (Fsp3) is 0.385. The predicted octanol–water partition coefficient (Wildman–Crippen LogP) is 2.15. The average Bonchev–Trinajstić information content (AvgIpc) is 2.40. The van der Waals surface area contributed by atoms with Gasteiger partial charge >= 0.3 is 0 Å². The van der Waals surface area contributed by atoms with E-state index in [1.807, 2.05) is 37.4 Å². The highest BCUT2D eigenvalue weighted by molar-refractivity contribution is 7.99. The number of aliphatic hydroxyl groups is 1. The molecule has 0 fully saturated rings. The van der Waals surface area contributed by atoms with Crippen LogP contribution in [0.3, 0.4) is 0 Å². The summed E-state index contributed by atoms with van der Waals surface area (Å²) in [4.78, 5) is 0. The summed E-state index contributed by atoms with van der Waals surface area (Å²) in [7, 11) is 0. The van der Waals surface area contributed by atoms with Gasteiger partial charge in [-0.15, -0.1) is 5.10 Å². The van der Waals surface area contributed by atoms with Gasteiger partial charge < -0.3 is 10.4 Å². The van der Waals surface area contributed by atoms with Gasteiger partial charge in [0, 0.05) is 22.1 Å². The molecule has 0 radical (unpaired) electrons. The van der Waals surface area contributed by atoms with Gasteiger partial charge in [0.1, 0.15) is 0 Å². The van der Waals surface area contributed by atoms with E-state index in [1.165, 1.54) is 0 Å². The van der Waals surface area contributed by atoms with Crippen molar-refractivity contribution in [3.8, 4) is 0 Å². The molecule has 2 unspecified atom stereocenters. The molecule has 2 aromatic rings. The van der Waals surface area contributed by atoms with Gasteiger partial charge in [-0.1, -0.05) is 24.3 Å².